The van der Waals surface area contributed by atoms with Crippen LogP contribution in [0.4, 0.5) is 0 Å². The predicted molar refractivity (Wildman–Crippen MR) is 435 cm³/mol. The van der Waals surface area contributed by atoms with Crippen molar-refractivity contribution in [1.82, 2.24) is 19.9 Å². The fourth-order valence-corrected chi connectivity index (χ4v) is 21.4. The Morgan fingerprint density at radius 2 is 1.01 bits per heavy atom. The molecular weight excluding hydrogens is 1300 g/mol. The van der Waals surface area contributed by atoms with Gasteiger partial charge in [0.05, 0.1) is 22.0 Å². The van der Waals surface area contributed by atoms with Crippen molar-refractivity contribution in [3.63, 3.8) is 0 Å². The summed E-state index contributed by atoms with van der Waals surface area (Å²) >= 11 is 0. The number of benzene rings is 11. The summed E-state index contributed by atoms with van der Waals surface area (Å²) in [5, 5.41) is 3.34. The van der Waals surface area contributed by atoms with Gasteiger partial charge < -0.3 is 8.83 Å². The lowest BCUT2D eigenvalue weighted by atomic mass is 9.65. The topological polar surface area (TPSA) is 77.8 Å². The SMILES string of the molecule is CC1C=Cc2c(c3c(c4nc(C5=CC=C(c6nc(-c7ccc(-c8nc9c(o8)c8c(c%10ccccc%109)CCC=C8)cc7)c7cc(-c8ccc9c(c8)C8(c%10ccccc%10-c%10ccccc%108)C8C=CC=CC98)cc(-c8ccc9c(c8)C8(C%10=C(C=CCC%10)c%10ccccc%108)c8ccccc8-9)c7n6)CC5)oc24)CCC=C3)C1. The quantitative estimate of drug-likeness (QED) is 0.165. The molecule has 506 valence electrons. The predicted octanol–water partition coefficient (Wildman–Crippen LogP) is 24.7. The summed E-state index contributed by atoms with van der Waals surface area (Å²) in [5.41, 5.74) is 39.6. The molecule has 0 radical (unpaired) electrons. The van der Waals surface area contributed by atoms with Crippen LogP contribution in [0, 0.1) is 11.8 Å². The van der Waals surface area contributed by atoms with Crippen LogP contribution in [0.15, 0.2) is 275 Å². The summed E-state index contributed by atoms with van der Waals surface area (Å²) in [6, 6.07) is 74.1. The monoisotopic (exact) mass is 1370 g/mol. The number of hydrogen-bond acceptors (Lipinski definition) is 6. The Morgan fingerprint density at radius 3 is 1.82 bits per heavy atom. The number of fused-ring (bicyclic) bond motifs is 32. The van der Waals surface area contributed by atoms with Crippen molar-refractivity contribution < 1.29 is 8.83 Å². The van der Waals surface area contributed by atoms with E-state index >= 15 is 0 Å². The van der Waals surface area contributed by atoms with Gasteiger partial charge in [-0.2, -0.15) is 0 Å². The van der Waals surface area contributed by atoms with Crippen molar-refractivity contribution in [2.45, 2.75) is 81.5 Å². The van der Waals surface area contributed by atoms with E-state index in [1.54, 1.807) is 0 Å². The van der Waals surface area contributed by atoms with Crippen LogP contribution in [0.5, 0.6) is 0 Å². The van der Waals surface area contributed by atoms with Crippen LogP contribution < -0.4 is 0 Å². The summed E-state index contributed by atoms with van der Waals surface area (Å²) in [4.78, 5) is 22.7. The third-order valence-corrected chi connectivity index (χ3v) is 26.0. The first-order chi connectivity index (χ1) is 52.9. The minimum Gasteiger partial charge on any atom is -0.436 e. The number of aryl methyl sites for hydroxylation is 2. The van der Waals surface area contributed by atoms with Crippen molar-refractivity contribution in [2.75, 3.05) is 0 Å². The molecule has 2 spiro atoms. The number of hydrogen-bond donors (Lipinski definition) is 0. The number of nitrogens with zero attached hydrogens (tertiary/aromatic N) is 4. The number of rotatable bonds is 6. The highest BCUT2D eigenvalue weighted by atomic mass is 16.4. The largest absolute Gasteiger partial charge is 0.436 e. The second-order valence-electron chi connectivity index (χ2n) is 31.3. The van der Waals surface area contributed by atoms with E-state index in [1.165, 1.54) is 111 Å². The minimum absolute atomic E-state index is 0.191. The van der Waals surface area contributed by atoms with E-state index in [1.807, 2.05) is 0 Å². The van der Waals surface area contributed by atoms with E-state index in [-0.39, 0.29) is 11.8 Å². The molecule has 107 heavy (non-hydrogen) atoms. The standard InChI is InChI=1S/C101H70N4O2/c1-57-38-49-79-81(52-57)67-22-3-6-30-77(67)94-96(79)107-99(105-94)61-45-41-59(42-46-61)97-102-91(58-39-43-60(44-40-58)98-104-93-76-29-5-2-20-65(76)66-21-4-7-31-78(66)95(93)106-98)82-54-64(62-47-50-74-72-27-12-18-36-87(72)100(89(74)55-62)83-32-14-8-23-68(83)69-24-9-15-33-84(69)100)53-80(92(82)103-97)63-48-51-75-73-28-13-19-37-88(73)101(90(75)56-63)85-34-16-10-25-70(85)71-26-11-17-35-86(71)101/h2-3,5,7-16,18-20,22-29,31-34,36-41,43-45,47-51,53-57,72,87H,4,6,17,21,30,35,42,46,52H2,1H3. The Kier molecular flexibility index (Phi) is 12.5. The smallest absolute Gasteiger partial charge is 0.227 e. The number of allylic oxidation sites excluding steroid dienone is 15. The zero-order valence-electron chi connectivity index (χ0n) is 59.3. The van der Waals surface area contributed by atoms with Crippen molar-refractivity contribution in [2.24, 2.45) is 11.8 Å². The van der Waals surface area contributed by atoms with E-state index in [9.17, 15) is 0 Å². The maximum absolute atomic E-state index is 7.00. The van der Waals surface area contributed by atoms with Gasteiger partial charge in [0.2, 0.25) is 11.8 Å². The summed E-state index contributed by atoms with van der Waals surface area (Å²) in [6.45, 7) is 2.31. The normalized spacial score (nSPS) is 20.1. The molecule has 0 fully saturated rings. The highest BCUT2D eigenvalue weighted by Crippen LogP contribution is 2.67. The van der Waals surface area contributed by atoms with Crippen LogP contribution >= 0.6 is 0 Å². The fraction of sp³-hybridized carbons (Fsp3) is 0.149. The molecule has 0 N–H and O–H groups in total. The average molecular weight is 1370 g/mol. The van der Waals surface area contributed by atoms with Crippen LogP contribution in [0.25, 0.3) is 146 Å². The van der Waals surface area contributed by atoms with Gasteiger partial charge in [0.1, 0.15) is 11.0 Å². The van der Waals surface area contributed by atoms with Crippen molar-refractivity contribution in [3.05, 3.63) is 356 Å². The van der Waals surface area contributed by atoms with Crippen molar-refractivity contribution >= 4 is 78.8 Å². The second-order valence-corrected chi connectivity index (χ2v) is 31.3. The van der Waals surface area contributed by atoms with Gasteiger partial charge in [-0.05, 0) is 228 Å². The van der Waals surface area contributed by atoms with Crippen LogP contribution in [-0.2, 0) is 30.1 Å². The Morgan fingerprint density at radius 1 is 0.393 bits per heavy atom. The molecule has 4 unspecified atom stereocenters. The van der Waals surface area contributed by atoms with E-state index in [0.717, 1.165) is 146 Å². The number of oxazole rings is 2. The minimum atomic E-state index is -0.477. The summed E-state index contributed by atoms with van der Waals surface area (Å²) < 4.78 is 14.0. The maximum atomic E-state index is 7.00. The Hall–Kier alpha value is -12.4. The van der Waals surface area contributed by atoms with Crippen LogP contribution in [-0.4, -0.2) is 19.9 Å². The van der Waals surface area contributed by atoms with Gasteiger partial charge in [-0.3, -0.25) is 0 Å². The summed E-state index contributed by atoms with van der Waals surface area (Å²) in [5.74, 6) is 2.86. The zero-order chi connectivity index (χ0) is 70.0. The molecule has 4 atom stereocenters. The van der Waals surface area contributed by atoms with E-state index in [0.29, 0.717) is 29.9 Å². The average Bonchev–Trinajstić information content (AvgIpc) is 1.51. The fourth-order valence-electron chi connectivity index (χ4n) is 21.4. The molecule has 11 aromatic carbocycles. The third kappa shape index (κ3) is 8.20. The Labute approximate surface area is 620 Å². The molecule has 6 nitrogen and oxygen atoms in total. The van der Waals surface area contributed by atoms with Gasteiger partial charge in [0, 0.05) is 56.0 Å². The zero-order valence-corrected chi connectivity index (χ0v) is 59.3. The van der Waals surface area contributed by atoms with E-state index in [4.69, 9.17) is 28.8 Å². The maximum Gasteiger partial charge on any atom is 0.227 e. The second kappa shape index (κ2) is 22.3. The van der Waals surface area contributed by atoms with Crippen LogP contribution in [0.1, 0.15) is 141 Å². The molecule has 10 aliphatic carbocycles. The molecule has 0 amide bonds. The van der Waals surface area contributed by atoms with Gasteiger partial charge in [-0.1, -0.05) is 250 Å². The van der Waals surface area contributed by atoms with Gasteiger partial charge >= 0.3 is 0 Å². The van der Waals surface area contributed by atoms with Crippen molar-refractivity contribution in [1.29, 1.82) is 0 Å². The lowest BCUT2D eigenvalue weighted by molar-refractivity contribution is 0.465. The Bertz CT molecular complexity index is 6660. The van der Waals surface area contributed by atoms with E-state index in [2.05, 4.69) is 286 Å². The third-order valence-electron chi connectivity index (χ3n) is 26.0. The molecule has 0 saturated heterocycles. The molecular formula is C101H70N4O2. The molecule has 24 rings (SSSR count). The molecule has 3 aromatic heterocycles. The molecule has 6 heteroatoms. The first-order valence-corrected chi connectivity index (χ1v) is 38.6. The highest BCUT2D eigenvalue weighted by molar-refractivity contribution is 6.11. The molecule has 0 aliphatic heterocycles. The summed E-state index contributed by atoms with van der Waals surface area (Å²) in [7, 11) is 0. The molecule has 10 aliphatic rings. The van der Waals surface area contributed by atoms with E-state index < -0.39 is 10.8 Å². The molecule has 3 heterocycles. The summed E-state index contributed by atoms with van der Waals surface area (Å²) in [6.07, 6.45) is 40.8. The lowest BCUT2D eigenvalue weighted by Crippen LogP contribution is -2.32. The van der Waals surface area contributed by atoms with Gasteiger partial charge in [-0.15, -0.1) is 0 Å². The first kappa shape index (κ1) is 59.9. The highest BCUT2D eigenvalue weighted by Gasteiger charge is 2.57. The van der Waals surface area contributed by atoms with Gasteiger partial charge in [0.25, 0.3) is 0 Å². The molecule has 0 saturated carbocycles. The lowest BCUT2D eigenvalue weighted by Gasteiger charge is -2.36. The molecule has 14 aromatic rings. The van der Waals surface area contributed by atoms with Crippen molar-refractivity contribution in [3.8, 4) is 67.2 Å². The van der Waals surface area contributed by atoms with Gasteiger partial charge in [-0.25, -0.2) is 19.9 Å². The Balaban J connectivity index is 0.744. The molecule has 0 bridgehead atoms. The van der Waals surface area contributed by atoms with Crippen LogP contribution in [0.3, 0.4) is 0 Å². The number of aromatic nitrogens is 4. The van der Waals surface area contributed by atoms with Crippen LogP contribution in [0.2, 0.25) is 0 Å². The first-order valence-electron chi connectivity index (χ1n) is 38.6. The van der Waals surface area contributed by atoms with Gasteiger partial charge in [0.15, 0.2) is 17.0 Å².